The molecule has 0 spiro atoms. The fourth-order valence-electron chi connectivity index (χ4n) is 2.03. The highest BCUT2D eigenvalue weighted by Crippen LogP contribution is 2.30. The second-order valence-electron chi connectivity index (χ2n) is 5.13. The molecule has 1 rings (SSSR count). The number of hydrogen-bond acceptors (Lipinski definition) is 2. The van der Waals surface area contributed by atoms with Crippen LogP contribution in [-0.2, 0) is 0 Å². The zero-order chi connectivity index (χ0) is 9.19. The molecule has 0 aromatic heterocycles. The summed E-state index contributed by atoms with van der Waals surface area (Å²) in [5.74, 6) is 1.17. The van der Waals surface area contributed by atoms with Gasteiger partial charge in [0.2, 0.25) is 0 Å². The quantitative estimate of drug-likeness (QED) is 0.722. The summed E-state index contributed by atoms with van der Waals surface area (Å²) in [7, 11) is 0. The summed E-state index contributed by atoms with van der Waals surface area (Å²) in [5.41, 5.74) is 0.393. The Morgan fingerprint density at radius 3 is 2.23 bits per heavy atom. The maximum Gasteiger partial charge on any atom is 0.0474 e. The van der Waals surface area contributed by atoms with E-state index in [1.165, 1.54) is 6.42 Å². The van der Waals surface area contributed by atoms with Gasteiger partial charge in [-0.05, 0) is 30.2 Å². The molecule has 0 bridgehead atoms. The molecule has 0 aliphatic carbocycles. The van der Waals surface area contributed by atoms with Crippen LogP contribution in [0.15, 0.2) is 0 Å². The fraction of sp³-hybridized carbons (Fsp3) is 1.00. The van der Waals surface area contributed by atoms with E-state index in [0.29, 0.717) is 23.9 Å². The van der Waals surface area contributed by atoms with Gasteiger partial charge >= 0.3 is 0 Å². The van der Waals surface area contributed by atoms with E-state index in [1.807, 2.05) is 0 Å². The lowest BCUT2D eigenvalue weighted by atomic mass is 9.80. The van der Waals surface area contributed by atoms with Crippen molar-refractivity contribution in [3.05, 3.63) is 0 Å². The number of aliphatic hydroxyl groups is 1. The first-order valence-corrected chi connectivity index (χ1v) is 4.84. The monoisotopic (exact) mass is 207 g/mol. The van der Waals surface area contributed by atoms with Crippen molar-refractivity contribution in [1.29, 1.82) is 0 Å². The van der Waals surface area contributed by atoms with Crippen molar-refractivity contribution in [3.8, 4) is 0 Å². The minimum atomic E-state index is 0. The highest BCUT2D eigenvalue weighted by molar-refractivity contribution is 5.85. The van der Waals surface area contributed by atoms with E-state index in [4.69, 9.17) is 5.11 Å². The van der Waals surface area contributed by atoms with Gasteiger partial charge in [-0.3, -0.25) is 0 Å². The molecule has 80 valence electrons. The van der Waals surface area contributed by atoms with Gasteiger partial charge in [-0.15, -0.1) is 12.4 Å². The molecular formula is C10H22ClNO. The molecule has 13 heavy (non-hydrogen) atoms. The van der Waals surface area contributed by atoms with Crippen molar-refractivity contribution < 1.29 is 5.11 Å². The maximum absolute atomic E-state index is 9.09. The summed E-state index contributed by atoms with van der Waals surface area (Å²) >= 11 is 0. The molecule has 0 radical (unpaired) electrons. The van der Waals surface area contributed by atoms with Gasteiger partial charge in [0.1, 0.15) is 0 Å². The fourth-order valence-corrected chi connectivity index (χ4v) is 2.03. The van der Waals surface area contributed by atoms with E-state index in [-0.39, 0.29) is 12.4 Å². The smallest absolute Gasteiger partial charge is 0.0474 e. The molecule has 0 aromatic carbocycles. The molecule has 2 atom stereocenters. The molecule has 1 aliphatic heterocycles. The number of hydrogen-bond donors (Lipinski definition) is 2. The Morgan fingerprint density at radius 1 is 1.23 bits per heavy atom. The Kier molecular flexibility index (Phi) is 5.26. The summed E-state index contributed by atoms with van der Waals surface area (Å²) in [5, 5.41) is 12.4. The van der Waals surface area contributed by atoms with E-state index < -0.39 is 0 Å². The molecule has 0 saturated carbocycles. The standard InChI is InChI=1S/C10H21NO.ClH/c1-10(2,3)4-8-5-11-6-9(8)7-12;/h8-9,11-12H,4-7H2,1-3H3;1H. The third-order valence-electron chi connectivity index (χ3n) is 2.59. The van der Waals surface area contributed by atoms with Gasteiger partial charge in [0, 0.05) is 13.2 Å². The predicted octanol–water partition coefficient (Wildman–Crippen LogP) is 1.67. The second kappa shape index (κ2) is 5.18. The van der Waals surface area contributed by atoms with E-state index in [1.54, 1.807) is 0 Å². The molecule has 1 aliphatic rings. The number of aliphatic hydroxyl groups excluding tert-OH is 1. The Labute approximate surface area is 87.5 Å². The Morgan fingerprint density at radius 2 is 1.77 bits per heavy atom. The highest BCUT2D eigenvalue weighted by Gasteiger charge is 2.29. The van der Waals surface area contributed by atoms with Gasteiger partial charge in [0.15, 0.2) is 0 Å². The molecule has 0 aromatic rings. The third-order valence-corrected chi connectivity index (χ3v) is 2.59. The summed E-state index contributed by atoms with van der Waals surface area (Å²) < 4.78 is 0. The molecule has 2 N–H and O–H groups in total. The van der Waals surface area contributed by atoms with Gasteiger partial charge in [-0.1, -0.05) is 20.8 Å². The first kappa shape index (κ1) is 13.2. The Bertz CT molecular complexity index is 144. The third kappa shape index (κ3) is 4.30. The minimum Gasteiger partial charge on any atom is -0.396 e. The van der Waals surface area contributed by atoms with Crippen molar-refractivity contribution in [2.45, 2.75) is 27.2 Å². The summed E-state index contributed by atoms with van der Waals surface area (Å²) in [6, 6.07) is 0. The molecule has 3 heteroatoms. The highest BCUT2D eigenvalue weighted by atomic mass is 35.5. The van der Waals surface area contributed by atoms with Crippen molar-refractivity contribution in [3.63, 3.8) is 0 Å². The molecule has 2 unspecified atom stereocenters. The largest absolute Gasteiger partial charge is 0.396 e. The summed E-state index contributed by atoms with van der Waals surface area (Å²) in [6.07, 6.45) is 1.21. The normalized spacial score (nSPS) is 28.6. The molecule has 1 heterocycles. The van der Waals surface area contributed by atoms with Crippen LogP contribution in [0.1, 0.15) is 27.2 Å². The van der Waals surface area contributed by atoms with Crippen molar-refractivity contribution in [2.75, 3.05) is 19.7 Å². The number of halogens is 1. The molecule has 1 fully saturated rings. The van der Waals surface area contributed by atoms with Gasteiger partial charge < -0.3 is 10.4 Å². The molecule has 1 saturated heterocycles. The number of nitrogens with one attached hydrogen (secondary N) is 1. The molecule has 2 nitrogen and oxygen atoms in total. The van der Waals surface area contributed by atoms with Crippen LogP contribution in [0.3, 0.4) is 0 Å². The maximum atomic E-state index is 9.09. The SMILES string of the molecule is CC(C)(C)CC1CNCC1CO.Cl. The first-order valence-electron chi connectivity index (χ1n) is 4.84. The van der Waals surface area contributed by atoms with Crippen molar-refractivity contribution in [2.24, 2.45) is 17.3 Å². The minimum absolute atomic E-state index is 0. The molecule has 0 amide bonds. The molecular weight excluding hydrogens is 186 g/mol. The Balaban J connectivity index is 0.00000144. The first-order chi connectivity index (χ1) is 5.53. The van der Waals surface area contributed by atoms with Crippen LogP contribution in [0.4, 0.5) is 0 Å². The van der Waals surface area contributed by atoms with Crippen LogP contribution < -0.4 is 5.32 Å². The van der Waals surface area contributed by atoms with Crippen molar-refractivity contribution in [1.82, 2.24) is 5.32 Å². The van der Waals surface area contributed by atoms with Crippen LogP contribution >= 0.6 is 12.4 Å². The lowest BCUT2D eigenvalue weighted by molar-refractivity contribution is 0.175. The van der Waals surface area contributed by atoms with E-state index in [2.05, 4.69) is 26.1 Å². The lowest BCUT2D eigenvalue weighted by Gasteiger charge is -2.25. The van der Waals surface area contributed by atoms with Gasteiger partial charge in [0.25, 0.3) is 0 Å². The van der Waals surface area contributed by atoms with E-state index >= 15 is 0 Å². The van der Waals surface area contributed by atoms with Gasteiger partial charge in [-0.25, -0.2) is 0 Å². The van der Waals surface area contributed by atoms with E-state index in [9.17, 15) is 0 Å². The van der Waals surface area contributed by atoms with Gasteiger partial charge in [0.05, 0.1) is 0 Å². The summed E-state index contributed by atoms with van der Waals surface area (Å²) in [4.78, 5) is 0. The van der Waals surface area contributed by atoms with E-state index in [0.717, 1.165) is 13.1 Å². The van der Waals surface area contributed by atoms with Crippen molar-refractivity contribution >= 4 is 12.4 Å². The second-order valence-corrected chi connectivity index (χ2v) is 5.13. The van der Waals surface area contributed by atoms with Crippen LogP contribution in [0.5, 0.6) is 0 Å². The predicted molar refractivity (Wildman–Crippen MR) is 58.3 cm³/mol. The number of rotatable bonds is 2. The van der Waals surface area contributed by atoms with Crippen LogP contribution in [-0.4, -0.2) is 24.8 Å². The van der Waals surface area contributed by atoms with Gasteiger partial charge in [-0.2, -0.15) is 0 Å². The van der Waals surface area contributed by atoms with Crippen LogP contribution in [0, 0.1) is 17.3 Å². The van der Waals surface area contributed by atoms with Crippen LogP contribution in [0.2, 0.25) is 0 Å². The average molecular weight is 208 g/mol. The van der Waals surface area contributed by atoms with Crippen LogP contribution in [0.25, 0.3) is 0 Å². The average Bonchev–Trinajstić information content (AvgIpc) is 2.31. The zero-order valence-electron chi connectivity index (χ0n) is 8.84. The Hall–Kier alpha value is 0.210. The lowest BCUT2D eigenvalue weighted by Crippen LogP contribution is -2.22. The zero-order valence-corrected chi connectivity index (χ0v) is 9.66. The topological polar surface area (TPSA) is 32.3 Å². The summed E-state index contributed by atoms with van der Waals surface area (Å²) in [6.45, 7) is 9.22.